The van der Waals surface area contributed by atoms with E-state index in [1.165, 1.54) is 0 Å². The normalized spacial score (nSPS) is 15.6. The summed E-state index contributed by atoms with van der Waals surface area (Å²) >= 11 is 2.21. The molecule has 3 aromatic rings. The molecule has 208 valence electrons. The number of halogens is 1. The lowest BCUT2D eigenvalue weighted by Gasteiger charge is -2.31. The van der Waals surface area contributed by atoms with Crippen LogP contribution in [-0.4, -0.2) is 75.9 Å². The highest BCUT2D eigenvalue weighted by molar-refractivity contribution is 14.1. The summed E-state index contributed by atoms with van der Waals surface area (Å²) in [7, 11) is 1.60. The Hall–Kier alpha value is -3.67. The molecule has 0 bridgehead atoms. The molecule has 0 atom stereocenters. The van der Waals surface area contributed by atoms with Crippen molar-refractivity contribution in [3.05, 3.63) is 62.7 Å². The first-order valence-corrected chi connectivity index (χ1v) is 14.0. The Morgan fingerprint density at radius 1 is 1.05 bits per heavy atom. The number of nitriles is 1. The van der Waals surface area contributed by atoms with E-state index >= 15 is 0 Å². The summed E-state index contributed by atoms with van der Waals surface area (Å²) in [5.41, 5.74) is 5.31. The summed E-state index contributed by atoms with van der Waals surface area (Å²) in [6, 6.07) is 15.3. The molecule has 2 saturated heterocycles. The van der Waals surface area contributed by atoms with E-state index in [0.717, 1.165) is 46.7 Å². The maximum absolute atomic E-state index is 9.36. The Balaban J connectivity index is 1.32. The third kappa shape index (κ3) is 6.90. The van der Waals surface area contributed by atoms with Gasteiger partial charge in [-0.2, -0.15) is 20.3 Å². The highest BCUT2D eigenvalue weighted by Crippen LogP contribution is 2.34. The van der Waals surface area contributed by atoms with Gasteiger partial charge < -0.3 is 28.7 Å². The zero-order valence-electron chi connectivity index (χ0n) is 22.2. The largest absolute Gasteiger partial charge is 0.493 e. The zero-order valence-corrected chi connectivity index (χ0v) is 24.3. The molecular formula is C28H30IN7O4. The van der Waals surface area contributed by atoms with Gasteiger partial charge in [0.25, 0.3) is 0 Å². The molecule has 0 radical (unpaired) electrons. The van der Waals surface area contributed by atoms with Gasteiger partial charge in [0.2, 0.25) is 5.95 Å². The van der Waals surface area contributed by atoms with Gasteiger partial charge in [0.15, 0.2) is 17.3 Å². The standard InChI is InChI=1S/C28H30IN7O4/c1-37-24-15-20(14-23(29)27(24)40-19-22-5-3-2-4-21(22)17-30)18-31-34-25-16-26(35-6-10-38-11-7-35)33-28(32-25)36-8-12-39-13-9-36/h2-5,14-16,18H,6-13,19H2,1H3,(H,32,33,34)/b31-18+. The number of methoxy groups -OCH3 is 1. The van der Waals surface area contributed by atoms with Crippen LogP contribution in [0, 0.1) is 14.9 Å². The molecular weight excluding hydrogens is 625 g/mol. The number of morpholine rings is 2. The zero-order chi connectivity index (χ0) is 27.7. The number of hydrogen-bond donors (Lipinski definition) is 1. The van der Waals surface area contributed by atoms with Crippen molar-refractivity contribution in [2.45, 2.75) is 6.61 Å². The molecule has 5 rings (SSSR count). The van der Waals surface area contributed by atoms with Crippen LogP contribution in [-0.2, 0) is 16.1 Å². The number of ether oxygens (including phenoxy) is 4. The maximum Gasteiger partial charge on any atom is 0.229 e. The quantitative estimate of drug-likeness (QED) is 0.208. The Morgan fingerprint density at radius 2 is 1.77 bits per heavy atom. The van der Waals surface area contributed by atoms with Gasteiger partial charge in [-0.3, -0.25) is 5.43 Å². The summed E-state index contributed by atoms with van der Waals surface area (Å²) in [6.07, 6.45) is 1.71. The van der Waals surface area contributed by atoms with Crippen molar-refractivity contribution in [1.29, 1.82) is 5.26 Å². The van der Waals surface area contributed by atoms with Crippen LogP contribution in [0.4, 0.5) is 17.6 Å². The van der Waals surface area contributed by atoms with E-state index in [1.807, 2.05) is 36.4 Å². The number of nitrogens with one attached hydrogen (secondary N) is 1. The predicted octanol–water partition coefficient (Wildman–Crippen LogP) is 3.66. The van der Waals surface area contributed by atoms with Crippen LogP contribution >= 0.6 is 22.6 Å². The van der Waals surface area contributed by atoms with Crippen LogP contribution < -0.4 is 24.7 Å². The highest BCUT2D eigenvalue weighted by Gasteiger charge is 2.19. The molecule has 2 aliphatic heterocycles. The van der Waals surface area contributed by atoms with Gasteiger partial charge in [-0.05, 0) is 46.4 Å². The highest BCUT2D eigenvalue weighted by atomic mass is 127. The lowest BCUT2D eigenvalue weighted by molar-refractivity contribution is 0.121. The molecule has 2 aliphatic rings. The molecule has 0 unspecified atom stereocenters. The van der Waals surface area contributed by atoms with Gasteiger partial charge in [0, 0.05) is 37.8 Å². The monoisotopic (exact) mass is 655 g/mol. The Kier molecular flexibility index (Phi) is 9.48. The molecule has 0 spiro atoms. The van der Waals surface area contributed by atoms with Crippen LogP contribution in [0.5, 0.6) is 11.5 Å². The Labute approximate surface area is 246 Å². The van der Waals surface area contributed by atoms with Crippen molar-refractivity contribution >= 4 is 46.4 Å². The van der Waals surface area contributed by atoms with Crippen LogP contribution in [0.3, 0.4) is 0 Å². The topological polar surface area (TPSA) is 117 Å². The van der Waals surface area contributed by atoms with Crippen molar-refractivity contribution in [3.8, 4) is 17.6 Å². The van der Waals surface area contributed by atoms with Crippen LogP contribution in [0.15, 0.2) is 47.6 Å². The molecule has 0 amide bonds. The van der Waals surface area contributed by atoms with E-state index in [2.05, 4.69) is 49.0 Å². The molecule has 1 aromatic heterocycles. The first-order valence-electron chi connectivity index (χ1n) is 13.0. The molecule has 1 N–H and O–H groups in total. The second-order valence-electron chi connectivity index (χ2n) is 9.07. The molecule has 12 heteroatoms. The second-order valence-corrected chi connectivity index (χ2v) is 10.2. The van der Waals surface area contributed by atoms with E-state index in [0.29, 0.717) is 55.3 Å². The van der Waals surface area contributed by atoms with Crippen LogP contribution in [0.25, 0.3) is 0 Å². The van der Waals surface area contributed by atoms with E-state index in [-0.39, 0.29) is 6.61 Å². The first-order chi connectivity index (χ1) is 19.6. The van der Waals surface area contributed by atoms with Crippen molar-refractivity contribution in [2.75, 3.05) is 74.9 Å². The van der Waals surface area contributed by atoms with E-state index < -0.39 is 0 Å². The van der Waals surface area contributed by atoms with Gasteiger partial charge in [-0.15, -0.1) is 0 Å². The minimum atomic E-state index is 0.260. The minimum absolute atomic E-state index is 0.260. The van der Waals surface area contributed by atoms with E-state index in [9.17, 15) is 5.26 Å². The third-order valence-corrected chi connectivity index (χ3v) is 7.29. The fraction of sp³-hybridized carbons (Fsp3) is 0.357. The van der Waals surface area contributed by atoms with Gasteiger partial charge in [0.05, 0.1) is 55.0 Å². The number of hydrogen-bond acceptors (Lipinski definition) is 11. The number of rotatable bonds is 9. The molecule has 11 nitrogen and oxygen atoms in total. The van der Waals surface area contributed by atoms with Gasteiger partial charge in [-0.25, -0.2) is 0 Å². The third-order valence-electron chi connectivity index (χ3n) is 6.48. The molecule has 0 saturated carbocycles. The maximum atomic E-state index is 9.36. The smallest absolute Gasteiger partial charge is 0.229 e. The summed E-state index contributed by atoms with van der Waals surface area (Å²) in [4.78, 5) is 13.9. The number of hydrazone groups is 1. The Bertz CT molecular complexity index is 1350. The van der Waals surface area contributed by atoms with Crippen molar-refractivity contribution in [1.82, 2.24) is 9.97 Å². The van der Waals surface area contributed by atoms with Crippen molar-refractivity contribution in [3.63, 3.8) is 0 Å². The van der Waals surface area contributed by atoms with E-state index in [4.69, 9.17) is 28.9 Å². The van der Waals surface area contributed by atoms with Gasteiger partial charge in [-0.1, -0.05) is 18.2 Å². The van der Waals surface area contributed by atoms with E-state index in [1.54, 1.807) is 19.4 Å². The molecule has 40 heavy (non-hydrogen) atoms. The molecule has 0 aliphatic carbocycles. The fourth-order valence-corrected chi connectivity index (χ4v) is 5.15. The average Bonchev–Trinajstić information content (AvgIpc) is 3.01. The van der Waals surface area contributed by atoms with Crippen LogP contribution in [0.1, 0.15) is 16.7 Å². The SMILES string of the molecule is COc1cc(/C=N/Nc2cc(N3CCOCC3)nc(N3CCOCC3)n2)cc(I)c1OCc1ccccc1C#N. The van der Waals surface area contributed by atoms with Gasteiger partial charge >= 0.3 is 0 Å². The summed E-state index contributed by atoms with van der Waals surface area (Å²) in [5.74, 6) is 3.29. The average molecular weight is 655 g/mol. The number of anilines is 3. The molecule has 3 heterocycles. The lowest BCUT2D eigenvalue weighted by atomic mass is 10.1. The predicted molar refractivity (Wildman–Crippen MR) is 161 cm³/mol. The second kappa shape index (κ2) is 13.6. The molecule has 2 aromatic carbocycles. The minimum Gasteiger partial charge on any atom is -0.493 e. The van der Waals surface area contributed by atoms with Gasteiger partial charge in [0.1, 0.15) is 12.4 Å². The Morgan fingerprint density at radius 3 is 2.50 bits per heavy atom. The first kappa shape index (κ1) is 27.9. The lowest BCUT2D eigenvalue weighted by Crippen LogP contribution is -2.39. The summed E-state index contributed by atoms with van der Waals surface area (Å²) in [6.45, 7) is 5.93. The number of benzene rings is 2. The fourth-order valence-electron chi connectivity index (χ4n) is 4.37. The number of nitrogens with zero attached hydrogens (tertiary/aromatic N) is 6. The number of aromatic nitrogens is 2. The van der Waals surface area contributed by atoms with Crippen molar-refractivity contribution < 1.29 is 18.9 Å². The summed E-state index contributed by atoms with van der Waals surface area (Å²) in [5, 5.41) is 13.8. The van der Waals surface area contributed by atoms with Crippen molar-refractivity contribution in [2.24, 2.45) is 5.10 Å². The summed E-state index contributed by atoms with van der Waals surface area (Å²) < 4.78 is 23.6. The molecule has 2 fully saturated rings. The van der Waals surface area contributed by atoms with Crippen LogP contribution in [0.2, 0.25) is 0 Å².